The fourth-order valence-corrected chi connectivity index (χ4v) is 2.57. The van der Waals surface area contributed by atoms with Gasteiger partial charge in [-0.2, -0.15) is 0 Å². The normalized spacial score (nSPS) is 11.4. The van der Waals surface area contributed by atoms with Crippen LogP contribution in [0.1, 0.15) is 18.1 Å². The van der Waals surface area contributed by atoms with Gasteiger partial charge >= 0.3 is 6.03 Å². The molecule has 0 radical (unpaired) electrons. The van der Waals surface area contributed by atoms with Crippen molar-refractivity contribution in [3.8, 4) is 17.2 Å². The number of urea groups is 1. The average Bonchev–Trinajstić information content (AvgIpc) is 2.61. The summed E-state index contributed by atoms with van der Waals surface area (Å²) in [5.41, 5.74) is 2.68. The lowest BCUT2D eigenvalue weighted by Crippen LogP contribution is -2.39. The molecule has 0 heterocycles. The second-order valence-corrected chi connectivity index (χ2v) is 6.10. The molecule has 1 unspecified atom stereocenters. The minimum atomic E-state index is -0.339. The predicted octanol–water partition coefficient (Wildman–Crippen LogP) is 3.91. The fraction of sp³-hybridized carbons (Fsp3) is 0.350. The van der Waals surface area contributed by atoms with Crippen molar-refractivity contribution < 1.29 is 19.0 Å². The Bertz CT molecular complexity index is 741. The number of amides is 2. The van der Waals surface area contributed by atoms with Crippen LogP contribution in [0.25, 0.3) is 0 Å². The van der Waals surface area contributed by atoms with E-state index in [0.717, 1.165) is 16.9 Å². The molecule has 0 aliphatic carbocycles. The van der Waals surface area contributed by atoms with Crippen molar-refractivity contribution in [3.05, 3.63) is 47.5 Å². The van der Waals surface area contributed by atoms with E-state index >= 15 is 0 Å². The third-order valence-corrected chi connectivity index (χ3v) is 3.92. The third-order valence-electron chi connectivity index (χ3n) is 3.92. The van der Waals surface area contributed by atoms with Gasteiger partial charge in [-0.15, -0.1) is 0 Å². The zero-order valence-electron chi connectivity index (χ0n) is 15.9. The Morgan fingerprint density at radius 2 is 1.77 bits per heavy atom. The first-order valence-electron chi connectivity index (χ1n) is 8.43. The molecule has 0 fully saturated rings. The van der Waals surface area contributed by atoms with Crippen LogP contribution in [-0.2, 0) is 0 Å². The Labute approximate surface area is 154 Å². The molecule has 2 amide bonds. The molecule has 2 aromatic rings. The van der Waals surface area contributed by atoms with Crippen LogP contribution in [0.3, 0.4) is 0 Å². The zero-order chi connectivity index (χ0) is 19.1. The van der Waals surface area contributed by atoms with E-state index in [9.17, 15) is 4.79 Å². The van der Waals surface area contributed by atoms with Gasteiger partial charge in [0.1, 0.15) is 23.9 Å². The van der Waals surface area contributed by atoms with Crippen molar-refractivity contribution in [3.63, 3.8) is 0 Å². The van der Waals surface area contributed by atoms with Crippen LogP contribution < -0.4 is 24.8 Å². The van der Waals surface area contributed by atoms with Gasteiger partial charge in [0.15, 0.2) is 0 Å². The Morgan fingerprint density at radius 3 is 2.38 bits per heavy atom. The first-order valence-corrected chi connectivity index (χ1v) is 8.43. The first-order chi connectivity index (χ1) is 12.4. The van der Waals surface area contributed by atoms with Crippen LogP contribution in [0.2, 0.25) is 0 Å². The summed E-state index contributed by atoms with van der Waals surface area (Å²) in [5.74, 6) is 2.05. The summed E-state index contributed by atoms with van der Waals surface area (Å²) in [4.78, 5) is 12.3. The number of ether oxygens (including phenoxy) is 3. The number of carbonyl (C=O) groups excluding carboxylic acids is 1. The highest BCUT2D eigenvalue weighted by Crippen LogP contribution is 2.28. The Kier molecular flexibility index (Phi) is 6.72. The summed E-state index contributed by atoms with van der Waals surface area (Å²) in [5, 5.41) is 5.63. The summed E-state index contributed by atoms with van der Waals surface area (Å²) in [6.45, 7) is 6.26. The minimum absolute atomic E-state index is 0.175. The number of rotatable bonds is 7. The fourth-order valence-electron chi connectivity index (χ4n) is 2.57. The Hall–Kier alpha value is -2.89. The molecule has 6 nitrogen and oxygen atoms in total. The van der Waals surface area contributed by atoms with Gasteiger partial charge in [-0.1, -0.05) is 18.2 Å². The number of anilines is 1. The van der Waals surface area contributed by atoms with Crippen molar-refractivity contribution in [1.29, 1.82) is 0 Å². The Morgan fingerprint density at radius 1 is 1.08 bits per heavy atom. The zero-order valence-corrected chi connectivity index (χ0v) is 15.9. The molecule has 1 atom stereocenters. The molecule has 0 bridgehead atoms. The van der Waals surface area contributed by atoms with Crippen molar-refractivity contribution in [2.75, 3.05) is 26.1 Å². The standard InChI is InChI=1S/C20H26N2O4/c1-13-7-6-8-14(2)19(13)26-12-15(3)21-20(23)22-17-11-16(24-4)9-10-18(17)25-5/h6-11,15H,12H2,1-5H3,(H2,21,22,23). The highest BCUT2D eigenvalue weighted by Gasteiger charge is 2.13. The SMILES string of the molecule is COc1ccc(OC)c(NC(=O)NC(C)COc2c(C)cccc2C)c1. The van der Waals surface area contributed by atoms with Gasteiger partial charge in [-0.05, 0) is 44.0 Å². The van der Waals surface area contributed by atoms with Gasteiger partial charge in [-0.25, -0.2) is 4.79 Å². The lowest BCUT2D eigenvalue weighted by molar-refractivity contribution is 0.236. The lowest BCUT2D eigenvalue weighted by atomic mass is 10.1. The maximum atomic E-state index is 12.3. The topological polar surface area (TPSA) is 68.8 Å². The van der Waals surface area contributed by atoms with Gasteiger partial charge < -0.3 is 24.8 Å². The largest absolute Gasteiger partial charge is 0.497 e. The number of nitrogens with one attached hydrogen (secondary N) is 2. The smallest absolute Gasteiger partial charge is 0.319 e. The minimum Gasteiger partial charge on any atom is -0.497 e. The molecule has 0 saturated carbocycles. The highest BCUT2D eigenvalue weighted by atomic mass is 16.5. The van der Waals surface area contributed by atoms with Crippen molar-refractivity contribution >= 4 is 11.7 Å². The number of hydrogen-bond acceptors (Lipinski definition) is 4. The molecule has 2 rings (SSSR count). The number of hydrogen-bond donors (Lipinski definition) is 2. The second kappa shape index (κ2) is 8.99. The van der Waals surface area contributed by atoms with E-state index < -0.39 is 0 Å². The van der Waals surface area contributed by atoms with E-state index in [1.54, 1.807) is 32.4 Å². The summed E-state index contributed by atoms with van der Waals surface area (Å²) >= 11 is 0. The lowest BCUT2D eigenvalue weighted by Gasteiger charge is -2.18. The van der Waals surface area contributed by atoms with E-state index in [4.69, 9.17) is 14.2 Å². The summed E-state index contributed by atoms with van der Waals surface area (Å²) in [6, 6.07) is 10.7. The van der Waals surface area contributed by atoms with Crippen LogP contribution in [0.5, 0.6) is 17.2 Å². The van der Waals surface area contributed by atoms with Crippen LogP contribution in [0, 0.1) is 13.8 Å². The van der Waals surface area contributed by atoms with Crippen LogP contribution in [0.15, 0.2) is 36.4 Å². The van der Waals surface area contributed by atoms with Crippen LogP contribution in [0.4, 0.5) is 10.5 Å². The van der Waals surface area contributed by atoms with Crippen molar-refractivity contribution in [2.24, 2.45) is 0 Å². The maximum Gasteiger partial charge on any atom is 0.319 e. The molecule has 0 aromatic heterocycles. The van der Waals surface area contributed by atoms with E-state index in [-0.39, 0.29) is 12.1 Å². The van der Waals surface area contributed by atoms with E-state index in [1.165, 1.54) is 0 Å². The van der Waals surface area contributed by atoms with Gasteiger partial charge in [0, 0.05) is 6.07 Å². The van der Waals surface area contributed by atoms with Gasteiger partial charge in [-0.3, -0.25) is 0 Å². The second-order valence-electron chi connectivity index (χ2n) is 6.10. The van der Waals surface area contributed by atoms with Gasteiger partial charge in [0.05, 0.1) is 25.9 Å². The monoisotopic (exact) mass is 358 g/mol. The maximum absolute atomic E-state index is 12.3. The van der Waals surface area contributed by atoms with Crippen LogP contribution >= 0.6 is 0 Å². The molecule has 26 heavy (non-hydrogen) atoms. The molecule has 0 spiro atoms. The van der Waals surface area contributed by atoms with Crippen molar-refractivity contribution in [2.45, 2.75) is 26.8 Å². The first kappa shape index (κ1) is 19.4. The Balaban J connectivity index is 1.93. The van der Waals surface area contributed by atoms with Gasteiger partial charge in [0.2, 0.25) is 0 Å². The van der Waals surface area contributed by atoms with E-state index in [2.05, 4.69) is 10.6 Å². The number of benzene rings is 2. The molecular weight excluding hydrogens is 332 g/mol. The third kappa shape index (κ3) is 5.05. The van der Waals surface area contributed by atoms with Crippen LogP contribution in [-0.4, -0.2) is 32.9 Å². The highest BCUT2D eigenvalue weighted by molar-refractivity contribution is 5.91. The number of para-hydroxylation sites is 1. The molecule has 2 aromatic carbocycles. The molecule has 0 aliphatic rings. The van der Waals surface area contributed by atoms with Crippen molar-refractivity contribution in [1.82, 2.24) is 5.32 Å². The average molecular weight is 358 g/mol. The number of methoxy groups -OCH3 is 2. The molecule has 2 N–H and O–H groups in total. The quantitative estimate of drug-likeness (QED) is 0.787. The van der Waals surface area contributed by atoms with Gasteiger partial charge in [0.25, 0.3) is 0 Å². The molecular formula is C20H26N2O4. The van der Waals surface area contributed by atoms with E-state index in [1.807, 2.05) is 39.0 Å². The number of aryl methyl sites for hydroxylation is 2. The molecule has 0 saturated heterocycles. The summed E-state index contributed by atoms with van der Waals surface area (Å²) < 4.78 is 16.3. The number of carbonyl (C=O) groups is 1. The molecule has 0 aliphatic heterocycles. The summed E-state index contributed by atoms with van der Waals surface area (Å²) in [7, 11) is 3.12. The molecule has 140 valence electrons. The predicted molar refractivity (Wildman–Crippen MR) is 103 cm³/mol. The molecule has 6 heteroatoms. The summed E-state index contributed by atoms with van der Waals surface area (Å²) in [6.07, 6.45) is 0. The van der Waals surface area contributed by atoms with E-state index in [0.29, 0.717) is 23.8 Å².